The van der Waals surface area contributed by atoms with Crippen LogP contribution < -0.4 is 5.32 Å². The molecular weight excluding hydrogens is 351 g/mol. The van der Waals surface area contributed by atoms with E-state index < -0.39 is 5.82 Å². The van der Waals surface area contributed by atoms with E-state index in [1.54, 1.807) is 19.1 Å². The molecule has 7 heteroatoms. The van der Waals surface area contributed by atoms with Crippen LogP contribution in [0.2, 0.25) is 0 Å². The summed E-state index contributed by atoms with van der Waals surface area (Å²) in [5, 5.41) is 10.1. The topological polar surface area (TPSA) is 70.7 Å². The maximum absolute atomic E-state index is 13.8. The molecule has 0 saturated heterocycles. The van der Waals surface area contributed by atoms with Crippen LogP contribution in [0.15, 0.2) is 47.6 Å². The molecule has 0 aliphatic heterocycles. The summed E-state index contributed by atoms with van der Waals surface area (Å²) < 4.78 is 13.8. The summed E-state index contributed by atoms with van der Waals surface area (Å²) >= 11 is 1.19. The first-order valence-corrected chi connectivity index (χ1v) is 9.25. The molecule has 3 rings (SSSR count). The van der Waals surface area contributed by atoms with Gasteiger partial charge < -0.3 is 5.32 Å². The second-order valence-electron chi connectivity index (χ2n) is 5.79. The predicted octanol–water partition coefficient (Wildman–Crippen LogP) is 4.21. The Balaban J connectivity index is 1.60. The van der Waals surface area contributed by atoms with Gasteiger partial charge in [-0.15, -0.1) is 5.10 Å². The van der Waals surface area contributed by atoms with Gasteiger partial charge in [0.05, 0.1) is 11.4 Å². The number of thioether (sulfide) groups is 1. The van der Waals surface area contributed by atoms with Crippen LogP contribution in [-0.4, -0.2) is 26.8 Å². The maximum Gasteiger partial charge on any atom is 0.234 e. The van der Waals surface area contributed by atoms with Crippen molar-refractivity contribution < 1.29 is 9.18 Å². The molecule has 26 heavy (non-hydrogen) atoms. The molecule has 0 aliphatic rings. The maximum atomic E-state index is 13.8. The van der Waals surface area contributed by atoms with E-state index in [9.17, 15) is 9.18 Å². The number of aromatic amines is 1. The first-order valence-electron chi connectivity index (χ1n) is 8.26. The van der Waals surface area contributed by atoms with Crippen LogP contribution in [0.4, 0.5) is 10.1 Å². The number of hydrogen-bond donors (Lipinski definition) is 2. The quantitative estimate of drug-likeness (QED) is 0.638. The first-order chi connectivity index (χ1) is 12.6. The molecule has 0 radical (unpaired) electrons. The van der Waals surface area contributed by atoms with Crippen molar-refractivity contribution in [2.75, 3.05) is 11.1 Å². The second kappa shape index (κ2) is 8.14. The van der Waals surface area contributed by atoms with Crippen LogP contribution in [0.3, 0.4) is 0 Å². The number of amides is 1. The Hall–Kier alpha value is -2.67. The zero-order valence-corrected chi connectivity index (χ0v) is 15.4. The molecule has 1 aromatic heterocycles. The molecule has 1 amide bonds. The van der Waals surface area contributed by atoms with Gasteiger partial charge in [0.1, 0.15) is 5.82 Å². The van der Waals surface area contributed by atoms with E-state index in [2.05, 4.69) is 39.6 Å². The van der Waals surface area contributed by atoms with Gasteiger partial charge in [-0.05, 0) is 30.5 Å². The van der Waals surface area contributed by atoms with Crippen molar-refractivity contribution in [1.29, 1.82) is 0 Å². The van der Waals surface area contributed by atoms with Crippen molar-refractivity contribution in [3.8, 4) is 11.4 Å². The average molecular weight is 370 g/mol. The third-order valence-corrected chi connectivity index (χ3v) is 4.77. The number of hydrogen-bond acceptors (Lipinski definition) is 4. The van der Waals surface area contributed by atoms with E-state index in [0.29, 0.717) is 16.5 Å². The van der Waals surface area contributed by atoms with Gasteiger partial charge in [0.2, 0.25) is 11.1 Å². The summed E-state index contributed by atoms with van der Waals surface area (Å²) in [5.41, 5.74) is 3.08. The largest absolute Gasteiger partial charge is 0.323 e. The molecule has 0 atom stereocenters. The van der Waals surface area contributed by atoms with Crippen LogP contribution in [-0.2, 0) is 11.2 Å². The van der Waals surface area contributed by atoms with Crippen LogP contribution in [0.25, 0.3) is 11.4 Å². The summed E-state index contributed by atoms with van der Waals surface area (Å²) in [4.78, 5) is 16.5. The number of nitrogens with one attached hydrogen (secondary N) is 2. The number of para-hydroxylation sites is 1. The van der Waals surface area contributed by atoms with Crippen molar-refractivity contribution in [1.82, 2.24) is 15.2 Å². The zero-order valence-electron chi connectivity index (χ0n) is 14.5. The lowest BCUT2D eigenvalue weighted by Crippen LogP contribution is -2.16. The monoisotopic (exact) mass is 370 g/mol. The molecule has 0 fully saturated rings. The van der Waals surface area contributed by atoms with E-state index in [4.69, 9.17) is 0 Å². The van der Waals surface area contributed by atoms with Gasteiger partial charge in [0.25, 0.3) is 0 Å². The predicted molar refractivity (Wildman–Crippen MR) is 102 cm³/mol. The van der Waals surface area contributed by atoms with E-state index >= 15 is 0 Å². The fourth-order valence-corrected chi connectivity index (χ4v) is 3.03. The fourth-order valence-electron chi connectivity index (χ4n) is 2.43. The second-order valence-corrected chi connectivity index (χ2v) is 6.73. The molecule has 0 saturated carbocycles. The van der Waals surface area contributed by atoms with Gasteiger partial charge in [0.15, 0.2) is 5.82 Å². The smallest absolute Gasteiger partial charge is 0.234 e. The van der Waals surface area contributed by atoms with Crippen molar-refractivity contribution in [2.45, 2.75) is 25.4 Å². The van der Waals surface area contributed by atoms with E-state index in [1.807, 2.05) is 12.1 Å². The van der Waals surface area contributed by atoms with E-state index in [-0.39, 0.29) is 17.3 Å². The van der Waals surface area contributed by atoms with Gasteiger partial charge in [-0.1, -0.05) is 55.1 Å². The summed E-state index contributed by atoms with van der Waals surface area (Å²) in [7, 11) is 0. The fraction of sp³-hybridized carbons (Fsp3) is 0.211. The number of H-pyrrole nitrogens is 1. The molecule has 0 unspecified atom stereocenters. The zero-order chi connectivity index (χ0) is 18.5. The Bertz CT molecular complexity index is 888. The van der Waals surface area contributed by atoms with Crippen LogP contribution >= 0.6 is 11.8 Å². The van der Waals surface area contributed by atoms with Crippen LogP contribution in [0, 0.1) is 12.7 Å². The molecule has 0 aliphatic carbocycles. The number of aromatic nitrogens is 3. The summed E-state index contributed by atoms with van der Waals surface area (Å²) in [6.45, 7) is 3.85. The lowest BCUT2D eigenvalue weighted by molar-refractivity contribution is -0.113. The minimum Gasteiger partial charge on any atom is -0.323 e. The molecule has 5 nitrogen and oxygen atoms in total. The standard InChI is InChI=1S/C19H19FN4OS/c1-3-13-7-9-14(10-8-13)18-22-19(24-23-18)26-11-16(25)21-17-12(2)5-4-6-15(17)20/h4-10H,3,11H2,1-2H3,(H,21,25)(H,22,23,24). The summed E-state index contributed by atoms with van der Waals surface area (Å²) in [6.07, 6.45) is 0.981. The molecule has 1 heterocycles. The molecule has 2 N–H and O–H groups in total. The molecular formula is C19H19FN4OS. The number of carbonyl (C=O) groups excluding carboxylic acids is 1. The molecule has 0 bridgehead atoms. The highest BCUT2D eigenvalue weighted by atomic mass is 32.2. The van der Waals surface area contributed by atoms with Gasteiger partial charge in [0, 0.05) is 5.56 Å². The lowest BCUT2D eigenvalue weighted by atomic mass is 10.1. The van der Waals surface area contributed by atoms with Crippen molar-refractivity contribution in [3.05, 3.63) is 59.4 Å². The Kier molecular flexibility index (Phi) is 5.68. The van der Waals surface area contributed by atoms with Crippen molar-refractivity contribution >= 4 is 23.4 Å². The Labute approximate surface area is 155 Å². The highest BCUT2D eigenvalue weighted by molar-refractivity contribution is 7.99. The third-order valence-electron chi connectivity index (χ3n) is 3.92. The van der Waals surface area contributed by atoms with Gasteiger partial charge >= 0.3 is 0 Å². The number of nitrogens with zero attached hydrogens (tertiary/aromatic N) is 2. The number of rotatable bonds is 6. The minimum absolute atomic E-state index is 0.0971. The van der Waals surface area contributed by atoms with Crippen LogP contribution in [0.1, 0.15) is 18.1 Å². The van der Waals surface area contributed by atoms with Gasteiger partial charge in [-0.3, -0.25) is 9.89 Å². The highest BCUT2D eigenvalue weighted by Crippen LogP contribution is 2.22. The third kappa shape index (κ3) is 4.29. The first kappa shape index (κ1) is 18.1. The number of benzene rings is 2. The van der Waals surface area contributed by atoms with E-state index in [0.717, 1.165) is 12.0 Å². The van der Waals surface area contributed by atoms with Crippen molar-refractivity contribution in [3.63, 3.8) is 0 Å². The molecule has 0 spiro atoms. The highest BCUT2D eigenvalue weighted by Gasteiger charge is 2.12. The normalized spacial score (nSPS) is 10.7. The Morgan fingerprint density at radius 3 is 2.69 bits per heavy atom. The lowest BCUT2D eigenvalue weighted by Gasteiger charge is -2.08. The number of aryl methyl sites for hydroxylation is 2. The summed E-state index contributed by atoms with van der Waals surface area (Å²) in [6, 6.07) is 12.8. The summed E-state index contributed by atoms with van der Waals surface area (Å²) in [5.74, 6) is 0.00115. The van der Waals surface area contributed by atoms with Gasteiger partial charge in [-0.25, -0.2) is 9.37 Å². The van der Waals surface area contributed by atoms with Crippen molar-refractivity contribution in [2.24, 2.45) is 0 Å². The van der Waals surface area contributed by atoms with Crippen LogP contribution in [0.5, 0.6) is 0 Å². The molecule has 134 valence electrons. The molecule has 2 aromatic carbocycles. The number of carbonyl (C=O) groups is 1. The molecule has 3 aromatic rings. The van der Waals surface area contributed by atoms with Gasteiger partial charge in [-0.2, -0.15) is 0 Å². The SMILES string of the molecule is CCc1ccc(-c2nc(SCC(=O)Nc3c(C)cccc3F)n[nH]2)cc1. The average Bonchev–Trinajstić information content (AvgIpc) is 3.12. The minimum atomic E-state index is -0.445. The van der Waals surface area contributed by atoms with E-state index in [1.165, 1.54) is 23.4 Å². The Morgan fingerprint density at radius 1 is 1.23 bits per heavy atom. The number of anilines is 1. The number of halogens is 1. The Morgan fingerprint density at radius 2 is 2.00 bits per heavy atom.